The van der Waals surface area contributed by atoms with E-state index in [0.29, 0.717) is 43.3 Å². The van der Waals surface area contributed by atoms with Crippen LogP contribution in [0.15, 0.2) is 79.4 Å². The second-order valence-electron chi connectivity index (χ2n) is 8.10. The van der Waals surface area contributed by atoms with Crippen LogP contribution in [0, 0.1) is 0 Å². The molecule has 0 saturated carbocycles. The molecule has 0 atom stereocenters. The van der Waals surface area contributed by atoms with E-state index in [9.17, 15) is 18.0 Å². The lowest BCUT2D eigenvalue weighted by atomic mass is 10.1. The number of anilines is 1. The highest BCUT2D eigenvalue weighted by molar-refractivity contribution is 6.00. The van der Waals surface area contributed by atoms with Gasteiger partial charge < -0.3 is 9.80 Å². The fourth-order valence-electron chi connectivity index (χ4n) is 4.01. The molecule has 1 amide bonds. The molecule has 7 nitrogen and oxygen atoms in total. The Morgan fingerprint density at radius 2 is 1.66 bits per heavy atom. The normalized spacial score (nSPS) is 14.3. The van der Waals surface area contributed by atoms with Gasteiger partial charge in [-0.2, -0.15) is 18.3 Å². The Morgan fingerprint density at radius 3 is 2.29 bits per heavy atom. The summed E-state index contributed by atoms with van der Waals surface area (Å²) in [5.41, 5.74) is 1.78. The van der Waals surface area contributed by atoms with E-state index in [1.807, 2.05) is 41.3 Å². The standard InChI is InChI=1S/C25H21F3N6O/c26-25(27,28)19-8-9-22(30-16-19)32-11-13-33(14-12-32)24(35)21-17-34(20-6-2-1-3-7-20)31-23(21)18-5-4-10-29-15-18/h1-10,15-17H,11-14H2. The Hall–Kier alpha value is -4.21. The summed E-state index contributed by atoms with van der Waals surface area (Å²) in [5.74, 6) is 0.295. The van der Waals surface area contributed by atoms with E-state index in [-0.39, 0.29) is 5.91 Å². The van der Waals surface area contributed by atoms with Gasteiger partial charge >= 0.3 is 6.18 Å². The molecule has 0 unspecified atom stereocenters. The Bertz CT molecular complexity index is 1300. The molecule has 4 aromatic rings. The van der Waals surface area contributed by atoms with Gasteiger partial charge in [0.25, 0.3) is 5.91 Å². The first kappa shape index (κ1) is 22.6. The van der Waals surface area contributed by atoms with Gasteiger partial charge in [-0.25, -0.2) is 9.67 Å². The van der Waals surface area contributed by atoms with Crippen molar-refractivity contribution in [3.05, 3.63) is 90.5 Å². The number of benzene rings is 1. The number of amides is 1. The molecule has 0 aliphatic carbocycles. The quantitative estimate of drug-likeness (QED) is 0.437. The summed E-state index contributed by atoms with van der Waals surface area (Å²) < 4.78 is 40.1. The number of para-hydroxylation sites is 1. The van der Waals surface area contributed by atoms with Crippen molar-refractivity contribution in [1.29, 1.82) is 0 Å². The molecule has 0 spiro atoms. The number of hydrogen-bond donors (Lipinski definition) is 0. The lowest BCUT2D eigenvalue weighted by Crippen LogP contribution is -2.49. The summed E-state index contributed by atoms with van der Waals surface area (Å²) in [7, 11) is 0. The number of carbonyl (C=O) groups excluding carboxylic acids is 1. The largest absolute Gasteiger partial charge is 0.417 e. The van der Waals surface area contributed by atoms with Crippen LogP contribution >= 0.6 is 0 Å². The van der Waals surface area contributed by atoms with Gasteiger partial charge in [0.1, 0.15) is 11.5 Å². The maximum atomic E-state index is 13.5. The van der Waals surface area contributed by atoms with Gasteiger partial charge in [-0.15, -0.1) is 0 Å². The SMILES string of the molecule is O=C(c1cn(-c2ccccc2)nc1-c1cccnc1)N1CCN(c2ccc(C(F)(F)F)cn2)CC1. The minimum Gasteiger partial charge on any atom is -0.353 e. The molecular formula is C25H21F3N6O. The van der Waals surface area contributed by atoms with E-state index in [2.05, 4.69) is 15.1 Å². The van der Waals surface area contributed by atoms with Crippen molar-refractivity contribution >= 4 is 11.7 Å². The summed E-state index contributed by atoms with van der Waals surface area (Å²) in [6.07, 6.45) is 1.47. The molecule has 1 fully saturated rings. The zero-order valence-electron chi connectivity index (χ0n) is 18.6. The van der Waals surface area contributed by atoms with Gasteiger partial charge in [0.15, 0.2) is 0 Å². The highest BCUT2D eigenvalue weighted by Crippen LogP contribution is 2.30. The number of halogens is 3. The molecule has 0 radical (unpaired) electrons. The number of nitrogens with zero attached hydrogens (tertiary/aromatic N) is 6. The molecule has 35 heavy (non-hydrogen) atoms. The summed E-state index contributed by atoms with van der Waals surface area (Å²) in [6.45, 7) is 1.73. The number of pyridine rings is 2. The van der Waals surface area contributed by atoms with Gasteiger partial charge in [0.05, 0.1) is 16.8 Å². The minimum atomic E-state index is -4.42. The predicted molar refractivity (Wildman–Crippen MR) is 124 cm³/mol. The summed E-state index contributed by atoms with van der Waals surface area (Å²) in [4.78, 5) is 25.3. The van der Waals surface area contributed by atoms with Crippen LogP contribution in [0.4, 0.5) is 19.0 Å². The number of aromatic nitrogens is 4. The van der Waals surface area contributed by atoms with Gasteiger partial charge in [0.2, 0.25) is 0 Å². The molecule has 4 heterocycles. The fourth-order valence-corrected chi connectivity index (χ4v) is 4.01. The summed E-state index contributed by atoms with van der Waals surface area (Å²) in [5, 5.41) is 4.67. The monoisotopic (exact) mass is 478 g/mol. The fraction of sp³-hybridized carbons (Fsp3) is 0.200. The van der Waals surface area contributed by atoms with Crippen molar-refractivity contribution in [3.63, 3.8) is 0 Å². The number of piperazine rings is 1. The van der Waals surface area contributed by atoms with Crippen LogP contribution in [0.3, 0.4) is 0 Å². The Morgan fingerprint density at radius 1 is 0.886 bits per heavy atom. The molecule has 0 bridgehead atoms. The van der Waals surface area contributed by atoms with Gasteiger partial charge in [-0.1, -0.05) is 18.2 Å². The van der Waals surface area contributed by atoms with Crippen molar-refractivity contribution < 1.29 is 18.0 Å². The van der Waals surface area contributed by atoms with Crippen LogP contribution < -0.4 is 4.90 Å². The van der Waals surface area contributed by atoms with E-state index in [1.165, 1.54) is 6.07 Å². The first-order valence-corrected chi connectivity index (χ1v) is 11.0. The molecule has 5 rings (SSSR count). The van der Waals surface area contributed by atoms with Crippen LogP contribution in [0.25, 0.3) is 16.9 Å². The second-order valence-corrected chi connectivity index (χ2v) is 8.10. The number of carbonyl (C=O) groups is 1. The highest BCUT2D eigenvalue weighted by atomic mass is 19.4. The second kappa shape index (κ2) is 9.21. The lowest BCUT2D eigenvalue weighted by molar-refractivity contribution is -0.137. The van der Waals surface area contributed by atoms with E-state index < -0.39 is 11.7 Å². The van der Waals surface area contributed by atoms with Crippen molar-refractivity contribution in [2.45, 2.75) is 6.18 Å². The first-order chi connectivity index (χ1) is 16.9. The molecule has 1 saturated heterocycles. The first-order valence-electron chi connectivity index (χ1n) is 11.0. The zero-order valence-corrected chi connectivity index (χ0v) is 18.6. The molecule has 1 aromatic carbocycles. The average molecular weight is 478 g/mol. The third-order valence-corrected chi connectivity index (χ3v) is 5.87. The average Bonchev–Trinajstić information content (AvgIpc) is 3.35. The van der Waals surface area contributed by atoms with Gasteiger partial charge in [0, 0.05) is 56.5 Å². The van der Waals surface area contributed by atoms with E-state index in [0.717, 1.165) is 23.5 Å². The molecular weight excluding hydrogens is 457 g/mol. The van der Waals surface area contributed by atoms with E-state index in [1.54, 1.807) is 34.2 Å². The van der Waals surface area contributed by atoms with Crippen LogP contribution in [0.2, 0.25) is 0 Å². The van der Waals surface area contributed by atoms with Crippen molar-refractivity contribution in [2.24, 2.45) is 0 Å². The third kappa shape index (κ3) is 4.72. The molecule has 10 heteroatoms. The molecule has 1 aliphatic rings. The van der Waals surface area contributed by atoms with Crippen LogP contribution in [-0.2, 0) is 6.18 Å². The highest BCUT2D eigenvalue weighted by Gasteiger charge is 2.31. The molecule has 3 aromatic heterocycles. The maximum Gasteiger partial charge on any atom is 0.417 e. The van der Waals surface area contributed by atoms with E-state index in [4.69, 9.17) is 0 Å². The zero-order chi connectivity index (χ0) is 24.4. The summed E-state index contributed by atoms with van der Waals surface area (Å²) >= 11 is 0. The van der Waals surface area contributed by atoms with Crippen LogP contribution in [0.5, 0.6) is 0 Å². The molecule has 0 N–H and O–H groups in total. The van der Waals surface area contributed by atoms with Gasteiger partial charge in [-0.05, 0) is 36.4 Å². The van der Waals surface area contributed by atoms with Crippen molar-refractivity contribution in [3.8, 4) is 16.9 Å². The minimum absolute atomic E-state index is 0.161. The Labute approximate surface area is 199 Å². The topological polar surface area (TPSA) is 67.2 Å². The molecule has 178 valence electrons. The lowest BCUT2D eigenvalue weighted by Gasteiger charge is -2.35. The molecule has 1 aliphatic heterocycles. The van der Waals surface area contributed by atoms with Gasteiger partial charge in [-0.3, -0.25) is 9.78 Å². The van der Waals surface area contributed by atoms with Crippen molar-refractivity contribution in [2.75, 3.05) is 31.1 Å². The van der Waals surface area contributed by atoms with Crippen LogP contribution in [-0.4, -0.2) is 56.7 Å². The number of rotatable bonds is 4. The maximum absolute atomic E-state index is 13.5. The van der Waals surface area contributed by atoms with Crippen molar-refractivity contribution in [1.82, 2.24) is 24.6 Å². The number of alkyl halides is 3. The smallest absolute Gasteiger partial charge is 0.353 e. The Kier molecular flexibility index (Phi) is 5.94. The Balaban J connectivity index is 1.36. The van der Waals surface area contributed by atoms with E-state index >= 15 is 0 Å². The number of hydrogen-bond acceptors (Lipinski definition) is 5. The van der Waals surface area contributed by atoms with Crippen LogP contribution in [0.1, 0.15) is 15.9 Å². The third-order valence-electron chi connectivity index (χ3n) is 5.87. The summed E-state index contributed by atoms with van der Waals surface area (Å²) in [6, 6.07) is 15.6. The predicted octanol–water partition coefficient (Wildman–Crippen LogP) is 4.31.